The highest BCUT2D eigenvalue weighted by molar-refractivity contribution is 5.94. The average molecular weight is 514 g/mol. The number of anilines is 1. The zero-order valence-corrected chi connectivity index (χ0v) is 21.1. The van der Waals surface area contributed by atoms with Crippen LogP contribution in [0, 0.1) is 18.7 Å². The third kappa shape index (κ3) is 4.71. The molecule has 2 heterocycles. The van der Waals surface area contributed by atoms with Crippen molar-refractivity contribution >= 4 is 22.7 Å². The van der Waals surface area contributed by atoms with E-state index in [2.05, 4.69) is 10.3 Å². The van der Waals surface area contributed by atoms with E-state index in [0.29, 0.717) is 24.7 Å². The SMILES string of the molecule is COC(=O)C1CCC(c2cc3c(N[C@H](C)c4cccc(C(F)F)c4F)nc(C)nc3c3c2OCC3)CC1. The summed E-state index contributed by atoms with van der Waals surface area (Å²) in [5.41, 5.74) is 2.40. The fourth-order valence-electron chi connectivity index (χ4n) is 5.68. The summed E-state index contributed by atoms with van der Waals surface area (Å²) in [5.74, 6) is 0.987. The number of methoxy groups -OCH3 is 1. The summed E-state index contributed by atoms with van der Waals surface area (Å²) in [6.07, 6.45) is 0.978. The van der Waals surface area contributed by atoms with E-state index in [1.807, 2.05) is 6.07 Å². The summed E-state index contributed by atoms with van der Waals surface area (Å²) in [4.78, 5) is 21.3. The number of carbonyl (C=O) groups excluding carboxylic acids is 1. The van der Waals surface area contributed by atoms with Gasteiger partial charge in [0, 0.05) is 22.9 Å². The molecule has 1 aliphatic carbocycles. The van der Waals surface area contributed by atoms with Gasteiger partial charge in [-0.25, -0.2) is 23.1 Å². The number of alkyl halides is 2. The van der Waals surface area contributed by atoms with Crippen molar-refractivity contribution in [3.63, 3.8) is 0 Å². The minimum Gasteiger partial charge on any atom is -0.493 e. The van der Waals surface area contributed by atoms with Crippen molar-refractivity contribution in [2.24, 2.45) is 5.92 Å². The van der Waals surface area contributed by atoms with Crippen LogP contribution < -0.4 is 10.1 Å². The number of benzene rings is 2. The van der Waals surface area contributed by atoms with Crippen molar-refractivity contribution in [3.05, 3.63) is 58.2 Å². The molecule has 1 aromatic heterocycles. The summed E-state index contributed by atoms with van der Waals surface area (Å²) in [7, 11) is 1.42. The Balaban J connectivity index is 1.53. The number of fused-ring (bicyclic) bond motifs is 3. The maximum atomic E-state index is 14.9. The standard InChI is InChI=1S/C28H30F3N3O3/c1-14(18-5-4-6-19(23(18)29)26(30)31)32-27-22-13-21(16-7-9-17(10-8-16)28(35)36-3)25-20(11-12-37-25)24(22)33-15(2)34-27/h4-6,13-14,16-17,26H,7-12H2,1-3H3,(H,32,33,34)/t14-,16?,17?/m1/s1. The number of nitrogens with one attached hydrogen (secondary N) is 1. The van der Waals surface area contributed by atoms with Crippen molar-refractivity contribution in [1.29, 1.82) is 0 Å². The fourth-order valence-corrected chi connectivity index (χ4v) is 5.68. The molecule has 9 heteroatoms. The van der Waals surface area contributed by atoms with Gasteiger partial charge in [-0.2, -0.15) is 0 Å². The van der Waals surface area contributed by atoms with E-state index in [1.165, 1.54) is 19.2 Å². The minimum absolute atomic E-state index is 0.0846. The van der Waals surface area contributed by atoms with Crippen LogP contribution in [0.5, 0.6) is 5.75 Å². The number of aryl methyl sites for hydroxylation is 1. The van der Waals surface area contributed by atoms with Crippen LogP contribution in [0.15, 0.2) is 24.3 Å². The second-order valence-corrected chi connectivity index (χ2v) is 9.88. The van der Waals surface area contributed by atoms with Crippen LogP contribution in [-0.2, 0) is 16.0 Å². The molecule has 1 atom stereocenters. The first kappa shape index (κ1) is 25.3. The molecular weight excluding hydrogens is 483 g/mol. The first-order chi connectivity index (χ1) is 17.8. The molecule has 0 bridgehead atoms. The van der Waals surface area contributed by atoms with E-state index in [0.717, 1.165) is 59.5 Å². The van der Waals surface area contributed by atoms with Crippen molar-refractivity contribution < 1.29 is 27.4 Å². The molecule has 0 spiro atoms. The molecule has 1 saturated carbocycles. The van der Waals surface area contributed by atoms with Crippen molar-refractivity contribution in [2.45, 2.75) is 64.3 Å². The quantitative estimate of drug-likeness (QED) is 0.376. The van der Waals surface area contributed by atoms with Crippen LogP contribution in [0.25, 0.3) is 10.9 Å². The maximum absolute atomic E-state index is 14.9. The van der Waals surface area contributed by atoms with Crippen LogP contribution in [-0.4, -0.2) is 29.7 Å². The van der Waals surface area contributed by atoms with Gasteiger partial charge in [0.2, 0.25) is 0 Å². The molecule has 1 fully saturated rings. The number of hydrogen-bond acceptors (Lipinski definition) is 6. The molecule has 1 N–H and O–H groups in total. The van der Waals surface area contributed by atoms with E-state index in [4.69, 9.17) is 14.5 Å². The van der Waals surface area contributed by atoms with Gasteiger partial charge in [-0.05, 0) is 57.1 Å². The first-order valence-electron chi connectivity index (χ1n) is 12.7. The monoisotopic (exact) mass is 513 g/mol. The minimum atomic E-state index is -2.89. The fraction of sp³-hybridized carbons (Fsp3) is 0.464. The van der Waals surface area contributed by atoms with Crippen molar-refractivity contribution in [3.8, 4) is 5.75 Å². The smallest absolute Gasteiger partial charge is 0.308 e. The molecular formula is C28H30F3N3O3. The topological polar surface area (TPSA) is 73.3 Å². The Kier molecular flexibility index (Phi) is 6.96. The Morgan fingerprint density at radius 3 is 2.59 bits per heavy atom. The summed E-state index contributed by atoms with van der Waals surface area (Å²) in [6, 6.07) is 5.48. The lowest BCUT2D eigenvalue weighted by atomic mass is 9.77. The number of hydrogen-bond donors (Lipinski definition) is 1. The number of esters is 1. The van der Waals surface area contributed by atoms with Gasteiger partial charge >= 0.3 is 5.97 Å². The molecule has 0 radical (unpaired) electrons. The lowest BCUT2D eigenvalue weighted by Gasteiger charge is -2.28. The van der Waals surface area contributed by atoms with Crippen molar-refractivity contribution in [2.75, 3.05) is 19.0 Å². The Morgan fingerprint density at radius 1 is 1.16 bits per heavy atom. The second kappa shape index (κ2) is 10.2. The highest BCUT2D eigenvalue weighted by Crippen LogP contribution is 2.46. The predicted molar refractivity (Wildman–Crippen MR) is 134 cm³/mol. The molecule has 3 aromatic rings. The third-order valence-electron chi connectivity index (χ3n) is 7.59. The van der Waals surface area contributed by atoms with Gasteiger partial charge in [0.15, 0.2) is 0 Å². The number of aromatic nitrogens is 2. The molecule has 37 heavy (non-hydrogen) atoms. The predicted octanol–water partition coefficient (Wildman–Crippen LogP) is 6.57. The Bertz CT molecular complexity index is 1340. The molecule has 6 nitrogen and oxygen atoms in total. The van der Waals surface area contributed by atoms with Crippen LogP contribution >= 0.6 is 0 Å². The van der Waals surface area contributed by atoms with Crippen molar-refractivity contribution in [1.82, 2.24) is 9.97 Å². The van der Waals surface area contributed by atoms with E-state index >= 15 is 0 Å². The molecule has 0 amide bonds. The first-order valence-corrected chi connectivity index (χ1v) is 12.7. The molecule has 196 valence electrons. The molecule has 5 rings (SSSR count). The Hall–Kier alpha value is -3.36. The molecule has 2 aromatic carbocycles. The normalized spacial score (nSPS) is 20.0. The third-order valence-corrected chi connectivity index (χ3v) is 7.59. The van der Waals surface area contributed by atoms with Crippen LogP contribution in [0.3, 0.4) is 0 Å². The average Bonchev–Trinajstić information content (AvgIpc) is 3.38. The van der Waals surface area contributed by atoms with Gasteiger partial charge in [0.1, 0.15) is 23.2 Å². The highest BCUT2D eigenvalue weighted by Gasteiger charge is 2.32. The number of nitrogens with zero attached hydrogens (tertiary/aromatic N) is 2. The van der Waals surface area contributed by atoms with Gasteiger partial charge in [-0.1, -0.05) is 18.2 Å². The lowest BCUT2D eigenvalue weighted by Crippen LogP contribution is -2.22. The summed E-state index contributed by atoms with van der Waals surface area (Å²) >= 11 is 0. The van der Waals surface area contributed by atoms with Crippen LogP contribution in [0.2, 0.25) is 0 Å². The van der Waals surface area contributed by atoms with E-state index in [-0.39, 0.29) is 23.4 Å². The summed E-state index contributed by atoms with van der Waals surface area (Å²) < 4.78 is 52.4. The van der Waals surface area contributed by atoms with Gasteiger partial charge in [0.25, 0.3) is 6.43 Å². The highest BCUT2D eigenvalue weighted by atomic mass is 19.3. The Morgan fingerprint density at radius 2 is 1.89 bits per heavy atom. The van der Waals surface area contributed by atoms with Gasteiger partial charge in [0.05, 0.1) is 36.8 Å². The summed E-state index contributed by atoms with van der Waals surface area (Å²) in [5, 5.41) is 4.05. The number of rotatable bonds is 6. The molecule has 0 saturated heterocycles. The lowest BCUT2D eigenvalue weighted by molar-refractivity contribution is -0.146. The number of ether oxygens (including phenoxy) is 2. The number of halogens is 3. The largest absolute Gasteiger partial charge is 0.493 e. The van der Waals surface area contributed by atoms with E-state index in [9.17, 15) is 18.0 Å². The molecule has 2 aliphatic rings. The van der Waals surface area contributed by atoms with Gasteiger partial charge < -0.3 is 14.8 Å². The second-order valence-electron chi connectivity index (χ2n) is 9.88. The Labute approximate surface area is 213 Å². The van der Waals surface area contributed by atoms with Crippen LogP contribution in [0.1, 0.15) is 79.1 Å². The zero-order chi connectivity index (χ0) is 26.3. The number of carbonyl (C=O) groups is 1. The van der Waals surface area contributed by atoms with Gasteiger partial charge in [-0.15, -0.1) is 0 Å². The van der Waals surface area contributed by atoms with Crippen LogP contribution in [0.4, 0.5) is 19.0 Å². The van der Waals surface area contributed by atoms with E-state index < -0.39 is 23.8 Å². The molecule has 1 aliphatic heterocycles. The maximum Gasteiger partial charge on any atom is 0.308 e. The van der Waals surface area contributed by atoms with E-state index in [1.54, 1.807) is 13.8 Å². The summed E-state index contributed by atoms with van der Waals surface area (Å²) in [6.45, 7) is 4.08. The molecule has 0 unspecified atom stereocenters. The zero-order valence-electron chi connectivity index (χ0n) is 21.1. The van der Waals surface area contributed by atoms with Gasteiger partial charge in [-0.3, -0.25) is 4.79 Å².